The molecule has 3 heterocycles. The number of thiazole rings is 1. The predicted octanol–water partition coefficient (Wildman–Crippen LogP) is 5.10. The molecular formula is C26H25N7OS. The maximum absolute atomic E-state index is 12.6. The fraction of sp³-hybridized carbons (Fsp3) is 0.115. The molecule has 35 heavy (non-hydrogen) atoms. The molecule has 1 amide bonds. The highest BCUT2D eigenvalue weighted by Crippen LogP contribution is 2.32. The van der Waals surface area contributed by atoms with Gasteiger partial charge in [-0.05, 0) is 62.6 Å². The fourth-order valence-electron chi connectivity index (χ4n) is 3.81. The van der Waals surface area contributed by atoms with Crippen molar-refractivity contribution in [2.24, 2.45) is 0 Å². The number of rotatable bonds is 7. The molecule has 0 spiro atoms. The second-order valence-corrected chi connectivity index (χ2v) is 9.40. The molecule has 0 atom stereocenters. The smallest absolute Gasteiger partial charge is 0.255 e. The number of carbonyl (C=O) groups excluding carboxylic acids is 1. The fourth-order valence-corrected chi connectivity index (χ4v) is 4.65. The number of anilines is 4. The van der Waals surface area contributed by atoms with E-state index in [4.69, 9.17) is 5.73 Å². The van der Waals surface area contributed by atoms with Crippen molar-refractivity contribution >= 4 is 45.1 Å². The lowest BCUT2D eigenvalue weighted by Gasteiger charge is -2.13. The molecule has 0 bridgehead atoms. The van der Waals surface area contributed by atoms with Gasteiger partial charge in [-0.25, -0.2) is 9.97 Å². The molecular weight excluding hydrogens is 458 g/mol. The molecule has 9 heteroatoms. The molecule has 0 aliphatic heterocycles. The van der Waals surface area contributed by atoms with Crippen LogP contribution in [0.25, 0.3) is 16.2 Å². The molecule has 0 saturated heterocycles. The van der Waals surface area contributed by atoms with E-state index < -0.39 is 0 Å². The highest BCUT2D eigenvalue weighted by atomic mass is 32.1. The first-order valence-corrected chi connectivity index (χ1v) is 11.9. The lowest BCUT2D eigenvalue weighted by atomic mass is 10.2. The summed E-state index contributed by atoms with van der Waals surface area (Å²) < 4.78 is 2.17. The Morgan fingerprint density at radius 2 is 1.80 bits per heavy atom. The predicted molar refractivity (Wildman–Crippen MR) is 142 cm³/mol. The Morgan fingerprint density at radius 3 is 2.57 bits per heavy atom. The van der Waals surface area contributed by atoms with Crippen LogP contribution >= 0.6 is 11.3 Å². The molecule has 0 unspecified atom stereocenters. The van der Waals surface area contributed by atoms with Gasteiger partial charge in [0.1, 0.15) is 5.65 Å². The summed E-state index contributed by atoms with van der Waals surface area (Å²) in [6.07, 6.45) is 3.74. The molecule has 3 aromatic heterocycles. The van der Waals surface area contributed by atoms with Crippen molar-refractivity contribution in [3.8, 4) is 10.6 Å². The van der Waals surface area contributed by atoms with E-state index in [0.717, 1.165) is 39.3 Å². The Morgan fingerprint density at radius 1 is 1.00 bits per heavy atom. The van der Waals surface area contributed by atoms with Crippen LogP contribution in [-0.4, -0.2) is 39.3 Å². The van der Waals surface area contributed by atoms with Gasteiger partial charge < -0.3 is 21.3 Å². The van der Waals surface area contributed by atoms with Gasteiger partial charge in [-0.3, -0.25) is 9.20 Å². The zero-order chi connectivity index (χ0) is 24.4. The van der Waals surface area contributed by atoms with Crippen LogP contribution in [0, 0.1) is 0 Å². The van der Waals surface area contributed by atoms with Crippen molar-refractivity contribution in [3.63, 3.8) is 0 Å². The Labute approximate surface area is 207 Å². The van der Waals surface area contributed by atoms with Crippen LogP contribution in [0.1, 0.15) is 16.1 Å². The number of hydrogen-bond acceptors (Lipinski definition) is 7. The van der Waals surface area contributed by atoms with E-state index in [0.29, 0.717) is 16.9 Å². The number of benzene rings is 2. The van der Waals surface area contributed by atoms with E-state index in [-0.39, 0.29) is 5.91 Å². The zero-order valence-corrected chi connectivity index (χ0v) is 20.2. The quantitative estimate of drug-likeness (QED) is 0.279. The summed E-state index contributed by atoms with van der Waals surface area (Å²) >= 11 is 1.55. The third-order valence-corrected chi connectivity index (χ3v) is 6.39. The van der Waals surface area contributed by atoms with Gasteiger partial charge in [-0.1, -0.05) is 29.5 Å². The number of nitrogens with zero attached hydrogens (tertiary/aromatic N) is 4. The summed E-state index contributed by atoms with van der Waals surface area (Å²) in [6, 6.07) is 20.6. The van der Waals surface area contributed by atoms with E-state index in [1.807, 2.05) is 48.8 Å². The summed E-state index contributed by atoms with van der Waals surface area (Å²) in [6.45, 7) is 0.807. The summed E-state index contributed by atoms with van der Waals surface area (Å²) in [4.78, 5) is 24.8. The minimum absolute atomic E-state index is 0.216. The highest BCUT2D eigenvalue weighted by Gasteiger charge is 2.14. The summed E-state index contributed by atoms with van der Waals surface area (Å²) in [5.74, 6) is -0.216. The number of carbonyl (C=O) groups is 1. The average Bonchev–Trinajstić information content (AvgIpc) is 3.48. The van der Waals surface area contributed by atoms with E-state index in [9.17, 15) is 4.79 Å². The third-order valence-electron chi connectivity index (χ3n) is 5.45. The molecule has 8 nitrogen and oxygen atoms in total. The normalized spacial score (nSPS) is 11.2. The Bertz CT molecular complexity index is 1490. The second-order valence-electron chi connectivity index (χ2n) is 8.37. The molecule has 0 fully saturated rings. The topological polar surface area (TPSA) is 101 Å². The van der Waals surface area contributed by atoms with Gasteiger partial charge in [0.05, 0.1) is 28.1 Å². The minimum Gasteiger partial charge on any atom is -0.397 e. The van der Waals surface area contributed by atoms with Gasteiger partial charge in [-0.2, -0.15) is 0 Å². The SMILES string of the molecule is CN(C)Cc1cccc2ncc(-c3cnc(Nc4ccc(C(=O)Nc5ccccc5N)cc4)s3)n12. The Balaban J connectivity index is 1.32. The summed E-state index contributed by atoms with van der Waals surface area (Å²) in [7, 11) is 4.10. The van der Waals surface area contributed by atoms with Gasteiger partial charge in [0.25, 0.3) is 5.91 Å². The maximum Gasteiger partial charge on any atom is 0.255 e. The van der Waals surface area contributed by atoms with E-state index in [2.05, 4.69) is 50.1 Å². The molecule has 5 rings (SSSR count). The first kappa shape index (κ1) is 22.6. The first-order chi connectivity index (χ1) is 17.0. The van der Waals surface area contributed by atoms with Gasteiger partial charge in [0, 0.05) is 29.7 Å². The first-order valence-electron chi connectivity index (χ1n) is 11.1. The number of hydrogen-bond donors (Lipinski definition) is 3. The zero-order valence-electron chi connectivity index (χ0n) is 19.4. The number of nitrogens with two attached hydrogens (primary N) is 1. The van der Waals surface area contributed by atoms with Crippen LogP contribution in [0.15, 0.2) is 79.1 Å². The second kappa shape index (κ2) is 9.57. The molecule has 0 aliphatic carbocycles. The van der Waals surface area contributed by atoms with Crippen LogP contribution in [0.4, 0.5) is 22.2 Å². The standard InChI is InChI=1S/C26H25N7OS/c1-32(2)16-19-6-5-9-24-28-14-22(33(19)24)23-15-29-26(35-23)30-18-12-10-17(11-13-18)25(34)31-21-8-4-3-7-20(21)27/h3-15H,16,27H2,1-2H3,(H,29,30)(H,31,34). The lowest BCUT2D eigenvalue weighted by Crippen LogP contribution is -2.13. The van der Waals surface area contributed by atoms with Gasteiger partial charge in [0.2, 0.25) is 0 Å². The van der Waals surface area contributed by atoms with E-state index in [1.165, 1.54) is 0 Å². The van der Waals surface area contributed by atoms with Crippen molar-refractivity contribution < 1.29 is 4.79 Å². The van der Waals surface area contributed by atoms with Gasteiger partial charge >= 0.3 is 0 Å². The number of para-hydroxylation sites is 2. The molecule has 4 N–H and O–H groups in total. The summed E-state index contributed by atoms with van der Waals surface area (Å²) in [5.41, 5.74) is 11.5. The number of aromatic nitrogens is 3. The van der Waals surface area contributed by atoms with Crippen LogP contribution < -0.4 is 16.4 Å². The maximum atomic E-state index is 12.6. The molecule has 176 valence electrons. The number of imidazole rings is 1. The number of nitrogen functional groups attached to an aromatic ring is 1. The highest BCUT2D eigenvalue weighted by molar-refractivity contribution is 7.18. The summed E-state index contributed by atoms with van der Waals surface area (Å²) in [5, 5.41) is 6.92. The average molecular weight is 484 g/mol. The van der Waals surface area contributed by atoms with Gasteiger partial charge in [-0.15, -0.1) is 0 Å². The third kappa shape index (κ3) is 4.86. The Hall–Kier alpha value is -4.21. The Kier molecular flexibility index (Phi) is 6.17. The van der Waals surface area contributed by atoms with Crippen LogP contribution in [0.3, 0.4) is 0 Å². The largest absolute Gasteiger partial charge is 0.397 e. The monoisotopic (exact) mass is 483 g/mol. The van der Waals surface area contributed by atoms with Crippen molar-refractivity contribution in [1.29, 1.82) is 0 Å². The number of pyridine rings is 1. The van der Waals surface area contributed by atoms with Crippen molar-refractivity contribution in [2.45, 2.75) is 6.54 Å². The van der Waals surface area contributed by atoms with E-state index in [1.54, 1.807) is 35.6 Å². The van der Waals surface area contributed by atoms with Crippen molar-refractivity contribution in [2.75, 3.05) is 30.5 Å². The lowest BCUT2D eigenvalue weighted by molar-refractivity contribution is 0.102. The van der Waals surface area contributed by atoms with Crippen LogP contribution in [0.2, 0.25) is 0 Å². The number of nitrogens with one attached hydrogen (secondary N) is 2. The van der Waals surface area contributed by atoms with Crippen LogP contribution in [0.5, 0.6) is 0 Å². The number of fused-ring (bicyclic) bond motifs is 1. The minimum atomic E-state index is -0.216. The van der Waals surface area contributed by atoms with Crippen LogP contribution in [-0.2, 0) is 6.54 Å². The van der Waals surface area contributed by atoms with E-state index >= 15 is 0 Å². The molecule has 0 radical (unpaired) electrons. The molecule has 0 aliphatic rings. The molecule has 0 saturated carbocycles. The molecule has 5 aromatic rings. The number of amides is 1. The van der Waals surface area contributed by atoms with Crippen molar-refractivity contribution in [3.05, 3.63) is 90.4 Å². The van der Waals surface area contributed by atoms with Gasteiger partial charge in [0.15, 0.2) is 5.13 Å². The molecule has 2 aromatic carbocycles. The van der Waals surface area contributed by atoms with Crippen molar-refractivity contribution in [1.82, 2.24) is 19.3 Å².